The molecule has 0 saturated heterocycles. The summed E-state index contributed by atoms with van der Waals surface area (Å²) >= 11 is 0. The Hall–Kier alpha value is -2.37. The Labute approximate surface area is 91.4 Å². The van der Waals surface area contributed by atoms with Crippen LogP contribution in [0.25, 0.3) is 0 Å². The van der Waals surface area contributed by atoms with E-state index in [1.807, 2.05) is 0 Å². The van der Waals surface area contributed by atoms with Crippen LogP contribution < -0.4 is 5.32 Å². The molecule has 0 aromatic heterocycles. The fraction of sp³-hybridized carbons (Fsp3) is 0.100. The zero-order valence-electron chi connectivity index (χ0n) is 8.34. The molecule has 0 spiro atoms. The Kier molecular flexibility index (Phi) is 3.60. The first kappa shape index (κ1) is 11.7. The minimum atomic E-state index is -1.14. The summed E-state index contributed by atoms with van der Waals surface area (Å²) < 4.78 is 0. The van der Waals surface area contributed by atoms with E-state index in [4.69, 9.17) is 5.11 Å². The Bertz CT molecular complexity index is 442. The van der Waals surface area contributed by atoms with Gasteiger partial charge in [-0.05, 0) is 6.07 Å². The Morgan fingerprint density at radius 3 is 2.81 bits per heavy atom. The highest BCUT2D eigenvalue weighted by atomic mass is 16.6. The number of hydrogen-bond acceptors (Lipinski definition) is 4. The van der Waals surface area contributed by atoms with Gasteiger partial charge in [-0.15, -0.1) is 6.58 Å². The predicted octanol–water partition coefficient (Wildman–Crippen LogP) is 1.89. The Balaban J connectivity index is 3.15. The van der Waals surface area contributed by atoms with E-state index >= 15 is 0 Å². The first-order valence-electron chi connectivity index (χ1n) is 4.42. The van der Waals surface area contributed by atoms with Crippen molar-refractivity contribution in [1.29, 1.82) is 0 Å². The lowest BCUT2D eigenvalue weighted by Gasteiger charge is -2.06. The Morgan fingerprint density at radius 1 is 1.62 bits per heavy atom. The van der Waals surface area contributed by atoms with Crippen molar-refractivity contribution in [3.8, 4) is 0 Å². The molecule has 84 valence electrons. The molecule has 0 aliphatic carbocycles. The zero-order chi connectivity index (χ0) is 12.1. The van der Waals surface area contributed by atoms with E-state index in [2.05, 4.69) is 11.9 Å². The number of aromatic carboxylic acids is 1. The molecule has 2 N–H and O–H groups in total. The van der Waals surface area contributed by atoms with Crippen LogP contribution in [0, 0.1) is 10.1 Å². The summed E-state index contributed by atoms with van der Waals surface area (Å²) in [6.45, 7) is 3.80. The molecule has 0 saturated carbocycles. The topological polar surface area (TPSA) is 92.5 Å². The molecule has 1 rings (SSSR count). The van der Waals surface area contributed by atoms with E-state index in [9.17, 15) is 14.9 Å². The zero-order valence-corrected chi connectivity index (χ0v) is 8.34. The standard InChI is InChI=1S/C10H10N2O4/c1-2-5-11-9-6-7(12(15)16)3-4-8(9)10(13)14/h2-4,6,11H,1,5H2,(H,13,14). The van der Waals surface area contributed by atoms with Gasteiger partial charge >= 0.3 is 5.97 Å². The molecule has 0 amide bonds. The van der Waals surface area contributed by atoms with Crippen LogP contribution in [0.5, 0.6) is 0 Å². The number of carboxylic acid groups (broad SMARTS) is 1. The predicted molar refractivity (Wildman–Crippen MR) is 58.7 cm³/mol. The minimum Gasteiger partial charge on any atom is -0.478 e. The third-order valence-corrected chi connectivity index (χ3v) is 1.88. The molecule has 0 fully saturated rings. The van der Waals surface area contributed by atoms with Gasteiger partial charge in [0.25, 0.3) is 5.69 Å². The Morgan fingerprint density at radius 2 is 2.31 bits per heavy atom. The number of nitro benzene ring substituents is 1. The smallest absolute Gasteiger partial charge is 0.337 e. The molecule has 0 unspecified atom stereocenters. The van der Waals surface area contributed by atoms with Crippen LogP contribution in [-0.4, -0.2) is 22.5 Å². The van der Waals surface area contributed by atoms with E-state index < -0.39 is 10.9 Å². The highest BCUT2D eigenvalue weighted by Gasteiger charge is 2.14. The summed E-state index contributed by atoms with van der Waals surface area (Å²) in [5.41, 5.74) is 0.0469. The molecular weight excluding hydrogens is 212 g/mol. The fourth-order valence-corrected chi connectivity index (χ4v) is 1.16. The van der Waals surface area contributed by atoms with Crippen LogP contribution in [0.4, 0.5) is 11.4 Å². The van der Waals surface area contributed by atoms with Crippen LogP contribution in [0.1, 0.15) is 10.4 Å². The summed E-state index contributed by atoms with van der Waals surface area (Å²) in [5, 5.41) is 22.1. The van der Waals surface area contributed by atoms with Gasteiger partial charge in [-0.2, -0.15) is 0 Å². The quantitative estimate of drug-likeness (QED) is 0.451. The van der Waals surface area contributed by atoms with Crippen molar-refractivity contribution in [2.45, 2.75) is 0 Å². The van der Waals surface area contributed by atoms with Gasteiger partial charge in [-0.1, -0.05) is 6.08 Å². The molecule has 6 nitrogen and oxygen atoms in total. The average Bonchev–Trinajstić information content (AvgIpc) is 2.25. The van der Waals surface area contributed by atoms with E-state index in [1.165, 1.54) is 18.2 Å². The van der Waals surface area contributed by atoms with Crippen LogP contribution in [0.2, 0.25) is 0 Å². The number of benzene rings is 1. The number of nitro groups is 1. The van der Waals surface area contributed by atoms with Crippen molar-refractivity contribution in [3.63, 3.8) is 0 Å². The van der Waals surface area contributed by atoms with Gasteiger partial charge in [0.05, 0.1) is 16.2 Å². The van der Waals surface area contributed by atoms with Crippen molar-refractivity contribution < 1.29 is 14.8 Å². The van der Waals surface area contributed by atoms with Gasteiger partial charge in [-0.25, -0.2) is 4.79 Å². The molecule has 0 atom stereocenters. The average molecular weight is 222 g/mol. The number of hydrogen-bond donors (Lipinski definition) is 2. The first-order valence-corrected chi connectivity index (χ1v) is 4.42. The normalized spacial score (nSPS) is 9.50. The van der Waals surface area contributed by atoms with Crippen LogP contribution >= 0.6 is 0 Å². The molecule has 0 bridgehead atoms. The van der Waals surface area contributed by atoms with Crippen LogP contribution in [-0.2, 0) is 0 Å². The summed E-state index contributed by atoms with van der Waals surface area (Å²) in [4.78, 5) is 20.8. The molecule has 1 aromatic carbocycles. The number of carboxylic acids is 1. The van der Waals surface area contributed by atoms with Gasteiger partial charge < -0.3 is 10.4 Å². The molecule has 1 aromatic rings. The maximum atomic E-state index is 10.8. The summed E-state index contributed by atoms with van der Waals surface area (Å²) in [6, 6.07) is 3.54. The number of carbonyl (C=O) groups is 1. The maximum Gasteiger partial charge on any atom is 0.337 e. The van der Waals surface area contributed by atoms with Gasteiger partial charge in [0.2, 0.25) is 0 Å². The highest BCUT2D eigenvalue weighted by molar-refractivity contribution is 5.94. The van der Waals surface area contributed by atoms with E-state index in [1.54, 1.807) is 0 Å². The number of rotatable bonds is 5. The highest BCUT2D eigenvalue weighted by Crippen LogP contribution is 2.22. The molecular formula is C10H10N2O4. The first-order chi connectivity index (χ1) is 7.56. The van der Waals surface area contributed by atoms with E-state index in [-0.39, 0.29) is 16.9 Å². The van der Waals surface area contributed by atoms with Crippen LogP contribution in [0.15, 0.2) is 30.9 Å². The second-order valence-electron chi connectivity index (χ2n) is 2.96. The van der Waals surface area contributed by atoms with Crippen molar-refractivity contribution in [3.05, 3.63) is 46.5 Å². The second-order valence-corrected chi connectivity index (χ2v) is 2.96. The van der Waals surface area contributed by atoms with Gasteiger partial charge in [-0.3, -0.25) is 10.1 Å². The summed E-state index contributed by atoms with van der Waals surface area (Å²) in [6.07, 6.45) is 1.53. The molecule has 16 heavy (non-hydrogen) atoms. The largest absolute Gasteiger partial charge is 0.478 e. The SMILES string of the molecule is C=CCNc1cc([N+](=O)[O-])ccc1C(=O)O. The lowest BCUT2D eigenvalue weighted by Crippen LogP contribution is -2.06. The van der Waals surface area contributed by atoms with E-state index in [0.717, 1.165) is 6.07 Å². The van der Waals surface area contributed by atoms with Crippen molar-refractivity contribution >= 4 is 17.3 Å². The molecule has 6 heteroatoms. The number of nitrogens with zero attached hydrogens (tertiary/aromatic N) is 1. The van der Waals surface area contributed by atoms with Gasteiger partial charge in [0.1, 0.15) is 0 Å². The van der Waals surface area contributed by atoms with E-state index in [0.29, 0.717) is 6.54 Å². The maximum absolute atomic E-state index is 10.8. The third kappa shape index (κ3) is 2.57. The fourth-order valence-electron chi connectivity index (χ4n) is 1.16. The lowest BCUT2D eigenvalue weighted by atomic mass is 10.1. The van der Waals surface area contributed by atoms with Crippen molar-refractivity contribution in [2.75, 3.05) is 11.9 Å². The molecule has 0 aliphatic rings. The molecule has 0 radical (unpaired) electrons. The number of anilines is 1. The number of non-ortho nitro benzene ring substituents is 1. The second kappa shape index (κ2) is 4.92. The minimum absolute atomic E-state index is 0.00699. The van der Waals surface area contributed by atoms with Gasteiger partial charge in [0.15, 0.2) is 0 Å². The molecule has 0 aliphatic heterocycles. The summed E-state index contributed by atoms with van der Waals surface area (Å²) in [7, 11) is 0. The van der Waals surface area contributed by atoms with Crippen molar-refractivity contribution in [2.24, 2.45) is 0 Å². The third-order valence-electron chi connectivity index (χ3n) is 1.88. The van der Waals surface area contributed by atoms with Gasteiger partial charge in [0, 0.05) is 18.7 Å². The monoisotopic (exact) mass is 222 g/mol. The lowest BCUT2D eigenvalue weighted by molar-refractivity contribution is -0.384. The van der Waals surface area contributed by atoms with Crippen LogP contribution in [0.3, 0.4) is 0 Å². The molecule has 0 heterocycles. The van der Waals surface area contributed by atoms with Crippen molar-refractivity contribution in [1.82, 2.24) is 0 Å². The summed E-state index contributed by atoms with van der Waals surface area (Å²) in [5.74, 6) is -1.14. The number of nitrogens with one attached hydrogen (secondary N) is 1.